The van der Waals surface area contributed by atoms with Gasteiger partial charge in [-0.1, -0.05) is 60.7 Å². The van der Waals surface area contributed by atoms with E-state index in [0.29, 0.717) is 13.0 Å². The van der Waals surface area contributed by atoms with Crippen LogP contribution in [0, 0.1) is 0 Å². The van der Waals surface area contributed by atoms with Crippen molar-refractivity contribution in [2.24, 2.45) is 4.99 Å². The predicted molar refractivity (Wildman–Crippen MR) is 164 cm³/mol. The van der Waals surface area contributed by atoms with E-state index < -0.39 is 23.4 Å². The maximum atomic E-state index is 12.3. The summed E-state index contributed by atoms with van der Waals surface area (Å²) in [5.41, 5.74) is 4.64. The summed E-state index contributed by atoms with van der Waals surface area (Å²) in [6.45, 7) is 10.8. The summed E-state index contributed by atoms with van der Waals surface area (Å²) >= 11 is 0. The van der Waals surface area contributed by atoms with Crippen molar-refractivity contribution in [3.8, 4) is 5.75 Å². The number of carbonyl (C=O) groups excluding carboxylic acids is 2. The number of hydrogen-bond donors (Lipinski definition) is 2. The number of amides is 2. The first-order valence-electron chi connectivity index (χ1n) is 14.3. The Bertz CT molecular complexity index is 1340. The first-order chi connectivity index (χ1) is 19.9. The quantitative estimate of drug-likeness (QED) is 0.256. The molecule has 0 bridgehead atoms. The van der Waals surface area contributed by atoms with Gasteiger partial charge in [0.2, 0.25) is 5.96 Å². The van der Waals surface area contributed by atoms with Crippen molar-refractivity contribution in [3.63, 3.8) is 0 Å². The molecule has 222 valence electrons. The summed E-state index contributed by atoms with van der Waals surface area (Å²) in [6, 6.07) is 24.9. The van der Waals surface area contributed by atoms with Crippen molar-refractivity contribution < 1.29 is 23.8 Å². The highest BCUT2D eigenvalue weighted by atomic mass is 16.6. The van der Waals surface area contributed by atoms with Crippen LogP contribution in [0.1, 0.15) is 75.5 Å². The highest BCUT2D eigenvalue weighted by molar-refractivity contribution is 6.01. The minimum atomic E-state index is -0.722. The van der Waals surface area contributed by atoms with Crippen LogP contribution in [0.3, 0.4) is 0 Å². The van der Waals surface area contributed by atoms with E-state index in [0.717, 1.165) is 24.2 Å². The lowest BCUT2D eigenvalue weighted by Gasteiger charge is -2.22. The van der Waals surface area contributed by atoms with E-state index in [4.69, 9.17) is 14.2 Å². The third-order valence-corrected chi connectivity index (χ3v) is 6.43. The van der Waals surface area contributed by atoms with Gasteiger partial charge >= 0.3 is 12.2 Å². The van der Waals surface area contributed by atoms with Gasteiger partial charge in [0.1, 0.15) is 23.1 Å². The number of fused-ring (bicyclic) bond motifs is 2. The topological polar surface area (TPSA) is 98.3 Å². The van der Waals surface area contributed by atoms with Crippen LogP contribution in [0.4, 0.5) is 9.59 Å². The lowest BCUT2D eigenvalue weighted by Crippen LogP contribution is -2.47. The second-order valence-electron chi connectivity index (χ2n) is 12.3. The number of ether oxygens (including phenoxy) is 3. The van der Waals surface area contributed by atoms with Gasteiger partial charge in [0, 0.05) is 17.7 Å². The second-order valence-corrected chi connectivity index (χ2v) is 12.3. The van der Waals surface area contributed by atoms with E-state index in [9.17, 15) is 9.59 Å². The summed E-state index contributed by atoms with van der Waals surface area (Å²) in [5.74, 6) is 0.738. The third-order valence-electron chi connectivity index (χ3n) is 6.43. The minimum Gasteiger partial charge on any atom is -0.481 e. The summed E-state index contributed by atoms with van der Waals surface area (Å²) in [6.07, 6.45) is 0.919. The molecule has 8 nitrogen and oxygen atoms in total. The standard InChI is InChI=1S/C34H41N3O5/c1-33(2,3)41-31(38)36-30(37-32(39)42-34(4,5)6)35-22-21-23-15-19-26(20-16-23)40-29-27-13-9-7-11-24(27)17-18-25-12-8-10-14-28(25)29/h7-16,19-20,29H,17-18,21-22H2,1-6H3,(H2,35,36,37,38,39). The van der Waals surface area contributed by atoms with Crippen molar-refractivity contribution >= 4 is 18.1 Å². The average Bonchev–Trinajstić information content (AvgIpc) is 3.04. The Hall–Kier alpha value is -4.33. The fraction of sp³-hybridized carbons (Fsp3) is 0.382. The van der Waals surface area contributed by atoms with Crippen molar-refractivity contribution in [2.75, 3.05) is 6.54 Å². The van der Waals surface area contributed by atoms with Crippen molar-refractivity contribution in [1.82, 2.24) is 10.6 Å². The van der Waals surface area contributed by atoms with Crippen molar-refractivity contribution in [1.29, 1.82) is 0 Å². The van der Waals surface area contributed by atoms with Gasteiger partial charge in [-0.15, -0.1) is 0 Å². The summed E-state index contributed by atoms with van der Waals surface area (Å²) in [7, 11) is 0. The van der Waals surface area contributed by atoms with Gasteiger partial charge in [-0.25, -0.2) is 9.59 Å². The van der Waals surface area contributed by atoms with Crippen LogP contribution in [-0.4, -0.2) is 35.9 Å². The molecule has 0 saturated heterocycles. The molecule has 1 aliphatic rings. The Labute approximate surface area is 248 Å². The van der Waals surface area contributed by atoms with E-state index in [1.807, 2.05) is 24.3 Å². The van der Waals surface area contributed by atoms with Gasteiger partial charge in [0.25, 0.3) is 0 Å². The van der Waals surface area contributed by atoms with Gasteiger partial charge in [-0.2, -0.15) is 0 Å². The first-order valence-corrected chi connectivity index (χ1v) is 14.3. The molecule has 3 aromatic carbocycles. The molecule has 0 saturated carbocycles. The summed E-state index contributed by atoms with van der Waals surface area (Å²) in [5, 5.41) is 5.02. The highest BCUT2D eigenvalue weighted by Gasteiger charge is 2.25. The lowest BCUT2D eigenvalue weighted by atomic mass is 9.97. The molecular formula is C34H41N3O5. The molecule has 2 N–H and O–H groups in total. The normalized spacial score (nSPS) is 13.1. The van der Waals surface area contributed by atoms with Crippen LogP contribution in [0.5, 0.6) is 5.75 Å². The van der Waals surface area contributed by atoms with E-state index in [1.54, 1.807) is 41.5 Å². The Morgan fingerprint density at radius 2 is 1.21 bits per heavy atom. The molecule has 0 atom stereocenters. The number of guanidine groups is 1. The van der Waals surface area contributed by atoms with Gasteiger partial charge in [-0.3, -0.25) is 15.6 Å². The van der Waals surface area contributed by atoms with E-state index in [-0.39, 0.29) is 12.1 Å². The first kappa shape index (κ1) is 30.6. The van der Waals surface area contributed by atoms with E-state index in [2.05, 4.69) is 64.2 Å². The molecule has 0 unspecified atom stereocenters. The number of benzene rings is 3. The van der Waals surface area contributed by atoms with Crippen LogP contribution >= 0.6 is 0 Å². The molecular weight excluding hydrogens is 530 g/mol. The van der Waals surface area contributed by atoms with Gasteiger partial charge in [0.05, 0.1) is 0 Å². The third kappa shape index (κ3) is 9.09. The van der Waals surface area contributed by atoms with E-state index >= 15 is 0 Å². The molecule has 1 aliphatic carbocycles. The van der Waals surface area contributed by atoms with Gasteiger partial charge in [-0.05, 0) is 89.6 Å². The summed E-state index contributed by atoms with van der Waals surface area (Å²) < 4.78 is 17.2. The SMILES string of the molecule is CC(C)(C)OC(=O)NC(=NCCc1ccc(OC2c3ccccc3CCc3ccccc32)cc1)NC(=O)OC(C)(C)C. The molecule has 0 aliphatic heterocycles. The largest absolute Gasteiger partial charge is 0.481 e. The Morgan fingerprint density at radius 3 is 1.69 bits per heavy atom. The number of nitrogens with zero attached hydrogens (tertiary/aromatic N) is 1. The number of nitrogens with one attached hydrogen (secondary N) is 2. The van der Waals surface area contributed by atoms with Crippen LogP contribution in [0.25, 0.3) is 0 Å². The zero-order chi connectivity index (χ0) is 30.3. The molecule has 4 rings (SSSR count). The Kier molecular flexibility index (Phi) is 9.55. The lowest BCUT2D eigenvalue weighted by molar-refractivity contribution is 0.0545. The molecule has 0 fully saturated rings. The fourth-order valence-corrected chi connectivity index (χ4v) is 4.68. The predicted octanol–water partition coefficient (Wildman–Crippen LogP) is 6.90. The van der Waals surface area contributed by atoms with E-state index in [1.165, 1.54) is 22.3 Å². The van der Waals surface area contributed by atoms with Gasteiger partial charge in [0.15, 0.2) is 0 Å². The Balaban J connectivity index is 1.44. The van der Waals surface area contributed by atoms with Crippen molar-refractivity contribution in [3.05, 3.63) is 101 Å². The van der Waals surface area contributed by atoms with Crippen LogP contribution in [-0.2, 0) is 28.7 Å². The number of carbonyl (C=O) groups is 2. The van der Waals surface area contributed by atoms with Crippen molar-refractivity contribution in [2.45, 2.75) is 78.1 Å². The molecule has 0 spiro atoms. The molecule has 0 heterocycles. The molecule has 42 heavy (non-hydrogen) atoms. The van der Waals surface area contributed by atoms with Crippen LogP contribution in [0.2, 0.25) is 0 Å². The highest BCUT2D eigenvalue weighted by Crippen LogP contribution is 2.36. The Morgan fingerprint density at radius 1 is 0.738 bits per heavy atom. The zero-order valence-electron chi connectivity index (χ0n) is 25.3. The fourth-order valence-electron chi connectivity index (χ4n) is 4.68. The smallest absolute Gasteiger partial charge is 0.414 e. The maximum Gasteiger partial charge on any atom is 0.414 e. The zero-order valence-corrected chi connectivity index (χ0v) is 25.3. The maximum absolute atomic E-state index is 12.3. The average molecular weight is 572 g/mol. The van der Waals surface area contributed by atoms with Crippen LogP contribution < -0.4 is 15.4 Å². The number of hydrogen-bond acceptors (Lipinski definition) is 6. The number of alkyl carbamates (subject to hydrolysis) is 2. The monoisotopic (exact) mass is 571 g/mol. The molecule has 0 radical (unpaired) electrons. The second kappa shape index (κ2) is 13.1. The molecule has 8 heteroatoms. The van der Waals surface area contributed by atoms with Gasteiger partial charge < -0.3 is 14.2 Å². The van der Waals surface area contributed by atoms with Crippen LogP contribution in [0.15, 0.2) is 77.8 Å². The number of aliphatic imine (C=N–C) groups is 1. The molecule has 3 aromatic rings. The molecule has 2 amide bonds. The number of aryl methyl sites for hydroxylation is 2. The number of rotatable bonds is 5. The minimum absolute atomic E-state index is 0.0378. The molecule has 0 aromatic heterocycles. The summed E-state index contributed by atoms with van der Waals surface area (Å²) in [4.78, 5) is 29.0.